The Kier molecular flexibility index (Phi) is 6.21. The van der Waals surface area contributed by atoms with E-state index >= 15 is 0 Å². The minimum absolute atomic E-state index is 0.184. The molecular weight excluding hydrogens is 409 g/mol. The molecule has 0 unspecified atom stereocenters. The molecule has 1 saturated heterocycles. The van der Waals surface area contributed by atoms with Crippen LogP contribution in [0.4, 0.5) is 10.2 Å². The van der Waals surface area contributed by atoms with E-state index in [1.54, 1.807) is 42.3 Å². The number of aromatic nitrogens is 3. The second-order valence-corrected chi connectivity index (χ2v) is 7.94. The summed E-state index contributed by atoms with van der Waals surface area (Å²) in [5.74, 6) is 0.735. The smallest absolute Gasteiger partial charge is 0.275 e. The molecule has 3 aromatic rings. The Bertz CT molecular complexity index is 1200. The van der Waals surface area contributed by atoms with Crippen molar-refractivity contribution in [3.8, 4) is 0 Å². The fourth-order valence-corrected chi connectivity index (χ4v) is 4.14. The maximum absolute atomic E-state index is 13.7. The van der Waals surface area contributed by atoms with Gasteiger partial charge < -0.3 is 9.80 Å². The maximum Gasteiger partial charge on any atom is 0.275 e. The van der Waals surface area contributed by atoms with Crippen LogP contribution in [-0.4, -0.2) is 51.8 Å². The first kappa shape index (κ1) is 21.9. The number of aryl methyl sites for hydroxylation is 1. The Morgan fingerprint density at radius 1 is 1.06 bits per heavy atom. The maximum atomic E-state index is 13.7. The van der Waals surface area contributed by atoms with Crippen molar-refractivity contribution in [1.29, 1.82) is 0 Å². The molecule has 7 nitrogen and oxygen atoms in total. The molecule has 0 N–H and O–H groups in total. The molecular formula is C24H28FN5O2. The number of rotatable bonds is 3. The predicted octanol–water partition coefficient (Wildman–Crippen LogP) is 3.33. The SMILES string of the molecule is CC.Cn1nc(C(=O)N2CCN(c3ncc(F)cc3C3CC3)CC2)c2ccccc2c1=O. The average molecular weight is 438 g/mol. The fraction of sp³-hybridized carbons (Fsp3) is 0.417. The first-order chi connectivity index (χ1) is 15.5. The lowest BCUT2D eigenvalue weighted by Gasteiger charge is -2.36. The zero-order valence-corrected chi connectivity index (χ0v) is 18.7. The van der Waals surface area contributed by atoms with Gasteiger partial charge >= 0.3 is 0 Å². The Morgan fingerprint density at radius 2 is 1.72 bits per heavy atom. The van der Waals surface area contributed by atoms with Gasteiger partial charge in [0.1, 0.15) is 11.6 Å². The highest BCUT2D eigenvalue weighted by Crippen LogP contribution is 2.44. The van der Waals surface area contributed by atoms with E-state index in [4.69, 9.17) is 0 Å². The minimum atomic E-state index is -0.304. The number of hydrogen-bond acceptors (Lipinski definition) is 5. The lowest BCUT2D eigenvalue weighted by Crippen LogP contribution is -2.49. The van der Waals surface area contributed by atoms with Crippen molar-refractivity contribution in [2.75, 3.05) is 31.1 Å². The number of benzene rings is 1. The standard InChI is InChI=1S/C22H22FN5O2.C2H6/c1-26-21(29)17-5-3-2-4-16(17)19(25-26)22(30)28-10-8-27(9-11-28)20-18(14-6-7-14)12-15(23)13-24-20;1-2/h2-5,12-14H,6-11H2,1H3;1-2H3. The van der Waals surface area contributed by atoms with Gasteiger partial charge in [-0.3, -0.25) is 9.59 Å². The van der Waals surface area contributed by atoms with E-state index in [9.17, 15) is 14.0 Å². The van der Waals surface area contributed by atoms with E-state index in [-0.39, 0.29) is 17.3 Å². The largest absolute Gasteiger partial charge is 0.353 e. The Hall–Kier alpha value is -3.29. The summed E-state index contributed by atoms with van der Waals surface area (Å²) >= 11 is 0. The monoisotopic (exact) mass is 437 g/mol. The molecule has 2 fully saturated rings. The van der Waals surface area contributed by atoms with E-state index in [1.807, 2.05) is 13.8 Å². The van der Waals surface area contributed by atoms with Gasteiger partial charge in [0, 0.05) is 44.2 Å². The summed E-state index contributed by atoms with van der Waals surface area (Å²) in [6, 6.07) is 8.66. The number of fused-ring (bicyclic) bond motifs is 1. The van der Waals surface area contributed by atoms with Crippen LogP contribution in [0, 0.1) is 5.82 Å². The van der Waals surface area contributed by atoms with Crippen molar-refractivity contribution in [2.24, 2.45) is 7.05 Å². The number of hydrogen-bond donors (Lipinski definition) is 0. The Morgan fingerprint density at radius 3 is 2.38 bits per heavy atom. The van der Waals surface area contributed by atoms with Crippen LogP contribution in [0.1, 0.15) is 48.7 Å². The van der Waals surface area contributed by atoms with E-state index in [0.717, 1.165) is 24.2 Å². The second kappa shape index (κ2) is 9.06. The van der Waals surface area contributed by atoms with Crippen LogP contribution in [0.15, 0.2) is 41.3 Å². The van der Waals surface area contributed by atoms with Gasteiger partial charge in [-0.1, -0.05) is 32.0 Å². The van der Waals surface area contributed by atoms with Crippen LogP contribution in [0.5, 0.6) is 0 Å². The molecule has 5 rings (SSSR count). The number of pyridine rings is 1. The molecule has 2 aromatic heterocycles. The average Bonchev–Trinajstić information content (AvgIpc) is 3.68. The molecule has 1 aromatic carbocycles. The number of carbonyl (C=O) groups is 1. The summed E-state index contributed by atoms with van der Waals surface area (Å²) in [4.78, 5) is 33.8. The molecule has 1 aliphatic heterocycles. The van der Waals surface area contributed by atoms with Crippen LogP contribution in [0.2, 0.25) is 0 Å². The molecule has 1 amide bonds. The van der Waals surface area contributed by atoms with E-state index in [1.165, 1.54) is 10.9 Å². The number of anilines is 1. The number of carbonyl (C=O) groups excluding carboxylic acids is 1. The van der Waals surface area contributed by atoms with Crippen LogP contribution in [-0.2, 0) is 7.05 Å². The third kappa shape index (κ3) is 4.09. The highest BCUT2D eigenvalue weighted by molar-refractivity contribution is 6.04. The van der Waals surface area contributed by atoms with Crippen molar-refractivity contribution in [1.82, 2.24) is 19.7 Å². The molecule has 1 aliphatic carbocycles. The number of amides is 1. The van der Waals surface area contributed by atoms with Gasteiger partial charge in [0.15, 0.2) is 5.69 Å². The summed E-state index contributed by atoms with van der Waals surface area (Å²) < 4.78 is 14.9. The van der Waals surface area contributed by atoms with Crippen molar-refractivity contribution in [3.05, 3.63) is 64.0 Å². The molecule has 168 valence electrons. The third-order valence-electron chi connectivity index (χ3n) is 5.90. The molecule has 0 radical (unpaired) electrons. The molecule has 0 atom stereocenters. The van der Waals surface area contributed by atoms with Crippen LogP contribution < -0.4 is 10.5 Å². The van der Waals surface area contributed by atoms with Crippen molar-refractivity contribution < 1.29 is 9.18 Å². The summed E-state index contributed by atoms with van der Waals surface area (Å²) in [5.41, 5.74) is 1.04. The molecule has 3 heterocycles. The first-order valence-electron chi connectivity index (χ1n) is 11.2. The van der Waals surface area contributed by atoms with Crippen molar-refractivity contribution in [2.45, 2.75) is 32.6 Å². The summed E-state index contributed by atoms with van der Waals surface area (Å²) in [5, 5.41) is 5.31. The van der Waals surface area contributed by atoms with Crippen LogP contribution in [0.25, 0.3) is 10.8 Å². The second-order valence-electron chi connectivity index (χ2n) is 7.94. The third-order valence-corrected chi connectivity index (χ3v) is 5.90. The lowest BCUT2D eigenvalue weighted by atomic mass is 10.1. The first-order valence-corrected chi connectivity index (χ1v) is 11.2. The Balaban J connectivity index is 0.00000119. The molecule has 0 spiro atoms. The minimum Gasteiger partial charge on any atom is -0.353 e. The van der Waals surface area contributed by atoms with Crippen LogP contribution in [0.3, 0.4) is 0 Å². The van der Waals surface area contributed by atoms with E-state index < -0.39 is 0 Å². The molecule has 2 aliphatic rings. The molecule has 8 heteroatoms. The van der Waals surface area contributed by atoms with E-state index in [0.29, 0.717) is 48.6 Å². The van der Waals surface area contributed by atoms with Crippen molar-refractivity contribution >= 4 is 22.5 Å². The summed E-state index contributed by atoms with van der Waals surface area (Å²) in [6.07, 6.45) is 3.41. The van der Waals surface area contributed by atoms with Gasteiger partial charge in [-0.05, 0) is 30.9 Å². The quantitative estimate of drug-likeness (QED) is 0.629. The summed E-state index contributed by atoms with van der Waals surface area (Å²) in [7, 11) is 1.56. The zero-order chi connectivity index (χ0) is 22.8. The predicted molar refractivity (Wildman–Crippen MR) is 123 cm³/mol. The normalized spacial score (nSPS) is 16.0. The number of halogens is 1. The van der Waals surface area contributed by atoms with Gasteiger partial charge in [0.05, 0.1) is 11.6 Å². The van der Waals surface area contributed by atoms with Gasteiger partial charge in [0.25, 0.3) is 11.5 Å². The highest BCUT2D eigenvalue weighted by atomic mass is 19.1. The Labute approximate surface area is 186 Å². The molecule has 0 bridgehead atoms. The fourth-order valence-electron chi connectivity index (χ4n) is 4.14. The van der Waals surface area contributed by atoms with Gasteiger partial charge in [-0.2, -0.15) is 5.10 Å². The topological polar surface area (TPSA) is 71.3 Å². The van der Waals surface area contributed by atoms with Gasteiger partial charge in [-0.25, -0.2) is 14.1 Å². The molecule has 32 heavy (non-hydrogen) atoms. The zero-order valence-electron chi connectivity index (χ0n) is 18.7. The lowest BCUT2D eigenvalue weighted by molar-refractivity contribution is 0.0740. The highest BCUT2D eigenvalue weighted by Gasteiger charge is 2.31. The van der Waals surface area contributed by atoms with Gasteiger partial charge in [-0.15, -0.1) is 0 Å². The summed E-state index contributed by atoms with van der Waals surface area (Å²) in [6.45, 7) is 6.27. The number of nitrogens with zero attached hydrogens (tertiary/aromatic N) is 5. The van der Waals surface area contributed by atoms with E-state index in [2.05, 4.69) is 15.0 Å². The van der Waals surface area contributed by atoms with Crippen molar-refractivity contribution in [3.63, 3.8) is 0 Å². The molecule has 1 saturated carbocycles. The van der Waals surface area contributed by atoms with Gasteiger partial charge in [0.2, 0.25) is 0 Å². The van der Waals surface area contributed by atoms with Crippen LogP contribution >= 0.6 is 0 Å². The number of piperazine rings is 1.